The Balaban J connectivity index is 1.68. The standard InChI is InChI=1S/C23H18FN5O/c24-19-8-6-16(7-9-19)20-21(17-10-12-25-13-11-17)29-23(27-20)28(15-14-26-29)22(30)18-4-2-1-3-5-18/h1-13,26H,14-15H2. The number of anilines is 1. The van der Waals surface area contributed by atoms with E-state index in [1.54, 1.807) is 41.6 Å². The average molecular weight is 399 g/mol. The first-order chi connectivity index (χ1) is 14.7. The second-order valence-electron chi connectivity index (χ2n) is 6.92. The van der Waals surface area contributed by atoms with E-state index in [4.69, 9.17) is 4.98 Å². The zero-order valence-electron chi connectivity index (χ0n) is 16.0. The molecule has 0 bridgehead atoms. The lowest BCUT2D eigenvalue weighted by Crippen LogP contribution is -2.43. The van der Waals surface area contributed by atoms with Gasteiger partial charge in [0.05, 0.1) is 5.69 Å². The number of benzene rings is 2. The van der Waals surface area contributed by atoms with E-state index < -0.39 is 0 Å². The number of amides is 1. The minimum atomic E-state index is -0.313. The fourth-order valence-electron chi connectivity index (χ4n) is 3.63. The summed E-state index contributed by atoms with van der Waals surface area (Å²) >= 11 is 0. The fraction of sp³-hybridized carbons (Fsp3) is 0.0870. The molecule has 0 fully saturated rings. The summed E-state index contributed by atoms with van der Waals surface area (Å²) in [6, 6.07) is 19.1. The Bertz CT molecular complexity index is 1190. The predicted octanol–water partition coefficient (Wildman–Crippen LogP) is 3.96. The van der Waals surface area contributed by atoms with Crippen LogP contribution >= 0.6 is 0 Å². The number of hydrogen-bond acceptors (Lipinski definition) is 4. The molecule has 30 heavy (non-hydrogen) atoms. The van der Waals surface area contributed by atoms with Gasteiger partial charge in [-0.15, -0.1) is 0 Å². The predicted molar refractivity (Wildman–Crippen MR) is 113 cm³/mol. The van der Waals surface area contributed by atoms with E-state index in [1.165, 1.54) is 12.1 Å². The van der Waals surface area contributed by atoms with Gasteiger partial charge in [0.1, 0.15) is 11.5 Å². The largest absolute Gasteiger partial charge is 0.321 e. The third-order valence-electron chi connectivity index (χ3n) is 5.04. The quantitative estimate of drug-likeness (QED) is 0.567. The molecule has 0 unspecified atom stereocenters. The zero-order valence-corrected chi connectivity index (χ0v) is 16.0. The van der Waals surface area contributed by atoms with Crippen LogP contribution in [0, 0.1) is 5.82 Å². The molecule has 2 aromatic carbocycles. The molecule has 1 N–H and O–H groups in total. The van der Waals surface area contributed by atoms with Crippen molar-refractivity contribution in [2.24, 2.45) is 0 Å². The number of pyridine rings is 1. The van der Waals surface area contributed by atoms with E-state index in [0.29, 0.717) is 30.3 Å². The molecular weight excluding hydrogens is 381 g/mol. The molecule has 0 atom stereocenters. The molecule has 6 nitrogen and oxygen atoms in total. The number of nitrogens with zero attached hydrogens (tertiary/aromatic N) is 4. The van der Waals surface area contributed by atoms with Gasteiger partial charge in [0.2, 0.25) is 5.95 Å². The maximum Gasteiger partial charge on any atom is 0.260 e. The van der Waals surface area contributed by atoms with Gasteiger partial charge in [0.15, 0.2) is 0 Å². The lowest BCUT2D eigenvalue weighted by atomic mass is 10.1. The molecule has 2 aromatic heterocycles. The second kappa shape index (κ2) is 7.44. The number of rotatable bonds is 3. The van der Waals surface area contributed by atoms with Crippen LogP contribution in [-0.4, -0.2) is 33.6 Å². The van der Waals surface area contributed by atoms with Crippen LogP contribution in [0.15, 0.2) is 79.1 Å². The fourth-order valence-corrected chi connectivity index (χ4v) is 3.63. The van der Waals surface area contributed by atoms with E-state index in [9.17, 15) is 9.18 Å². The smallest absolute Gasteiger partial charge is 0.260 e. The molecule has 0 radical (unpaired) electrons. The van der Waals surface area contributed by atoms with Crippen LogP contribution in [0.1, 0.15) is 10.4 Å². The molecule has 3 heterocycles. The molecule has 0 saturated heterocycles. The Hall–Kier alpha value is -4.00. The normalized spacial score (nSPS) is 12.9. The summed E-state index contributed by atoms with van der Waals surface area (Å²) in [6.07, 6.45) is 3.42. The highest BCUT2D eigenvalue weighted by molar-refractivity contribution is 6.06. The van der Waals surface area contributed by atoms with Gasteiger partial charge < -0.3 is 5.43 Å². The molecule has 5 rings (SSSR count). The number of hydrogen-bond donors (Lipinski definition) is 1. The van der Waals surface area contributed by atoms with E-state index in [2.05, 4.69) is 10.4 Å². The van der Waals surface area contributed by atoms with Crippen LogP contribution in [0.4, 0.5) is 10.3 Å². The summed E-state index contributed by atoms with van der Waals surface area (Å²) < 4.78 is 15.3. The SMILES string of the molecule is O=C(c1ccccc1)N1CCNn2c1nc(-c1ccc(F)cc1)c2-c1ccncc1. The van der Waals surface area contributed by atoms with Gasteiger partial charge in [-0.3, -0.25) is 14.7 Å². The summed E-state index contributed by atoms with van der Waals surface area (Å²) in [5.41, 5.74) is 7.05. The minimum Gasteiger partial charge on any atom is -0.321 e. The topological polar surface area (TPSA) is 63.1 Å². The molecule has 1 amide bonds. The van der Waals surface area contributed by atoms with Gasteiger partial charge in [-0.25, -0.2) is 14.1 Å². The molecule has 7 heteroatoms. The first-order valence-corrected chi connectivity index (χ1v) is 9.62. The highest BCUT2D eigenvalue weighted by Crippen LogP contribution is 2.36. The molecule has 0 aliphatic carbocycles. The Kier molecular flexibility index (Phi) is 4.48. The number of aromatic nitrogens is 3. The van der Waals surface area contributed by atoms with Crippen LogP contribution in [0.3, 0.4) is 0 Å². The molecule has 148 valence electrons. The van der Waals surface area contributed by atoms with Crippen LogP contribution in [0.25, 0.3) is 22.5 Å². The Morgan fingerprint density at radius 3 is 2.40 bits per heavy atom. The van der Waals surface area contributed by atoms with Crippen molar-refractivity contribution in [3.8, 4) is 22.5 Å². The van der Waals surface area contributed by atoms with E-state index in [-0.39, 0.29) is 11.7 Å². The maximum atomic E-state index is 13.5. The highest BCUT2D eigenvalue weighted by Gasteiger charge is 2.30. The summed E-state index contributed by atoms with van der Waals surface area (Å²) in [4.78, 5) is 23.8. The summed E-state index contributed by atoms with van der Waals surface area (Å²) in [5.74, 6) is 0.0729. The summed E-state index contributed by atoms with van der Waals surface area (Å²) in [5, 5.41) is 0. The monoisotopic (exact) mass is 399 g/mol. The van der Waals surface area contributed by atoms with E-state index >= 15 is 0 Å². The number of imidazole rings is 1. The Morgan fingerprint density at radius 1 is 0.933 bits per heavy atom. The number of nitrogens with one attached hydrogen (secondary N) is 1. The minimum absolute atomic E-state index is 0.115. The Labute approximate surface area is 172 Å². The van der Waals surface area contributed by atoms with Crippen molar-refractivity contribution in [2.75, 3.05) is 23.4 Å². The van der Waals surface area contributed by atoms with Crippen LogP contribution in [0.2, 0.25) is 0 Å². The van der Waals surface area contributed by atoms with Crippen LogP contribution < -0.4 is 10.3 Å². The summed E-state index contributed by atoms with van der Waals surface area (Å²) in [6.45, 7) is 1.06. The van der Waals surface area contributed by atoms with Crippen LogP contribution in [-0.2, 0) is 0 Å². The van der Waals surface area contributed by atoms with Crippen LogP contribution in [0.5, 0.6) is 0 Å². The van der Waals surface area contributed by atoms with Gasteiger partial charge in [-0.2, -0.15) is 0 Å². The van der Waals surface area contributed by atoms with Crippen molar-refractivity contribution >= 4 is 11.9 Å². The van der Waals surface area contributed by atoms with E-state index in [0.717, 1.165) is 16.8 Å². The van der Waals surface area contributed by atoms with Gasteiger partial charge in [0, 0.05) is 42.2 Å². The first-order valence-electron chi connectivity index (χ1n) is 9.62. The first kappa shape index (κ1) is 18.1. The maximum absolute atomic E-state index is 13.5. The third-order valence-corrected chi connectivity index (χ3v) is 5.04. The molecular formula is C23H18FN5O. The summed E-state index contributed by atoms with van der Waals surface area (Å²) in [7, 11) is 0. The highest BCUT2D eigenvalue weighted by atomic mass is 19.1. The average Bonchev–Trinajstić information content (AvgIpc) is 3.20. The van der Waals surface area contributed by atoms with E-state index in [1.807, 2.05) is 35.0 Å². The van der Waals surface area contributed by atoms with Crippen molar-refractivity contribution in [3.05, 3.63) is 90.5 Å². The van der Waals surface area contributed by atoms with Gasteiger partial charge in [0.25, 0.3) is 5.91 Å². The van der Waals surface area contributed by atoms with Gasteiger partial charge in [-0.05, 0) is 48.5 Å². The van der Waals surface area contributed by atoms with Crippen molar-refractivity contribution in [1.29, 1.82) is 0 Å². The lowest BCUT2D eigenvalue weighted by Gasteiger charge is -2.29. The molecule has 1 aliphatic rings. The van der Waals surface area contributed by atoms with Crippen molar-refractivity contribution in [1.82, 2.24) is 14.6 Å². The van der Waals surface area contributed by atoms with Crippen molar-refractivity contribution in [3.63, 3.8) is 0 Å². The van der Waals surface area contributed by atoms with Crippen molar-refractivity contribution in [2.45, 2.75) is 0 Å². The molecule has 4 aromatic rings. The molecule has 0 spiro atoms. The zero-order chi connectivity index (χ0) is 20.5. The molecule has 0 saturated carbocycles. The number of carbonyl (C=O) groups is 1. The second-order valence-corrected chi connectivity index (χ2v) is 6.92. The van der Waals surface area contributed by atoms with Gasteiger partial charge >= 0.3 is 0 Å². The third kappa shape index (κ3) is 3.10. The lowest BCUT2D eigenvalue weighted by molar-refractivity contribution is 0.0984. The van der Waals surface area contributed by atoms with Crippen molar-refractivity contribution < 1.29 is 9.18 Å². The number of fused-ring (bicyclic) bond motifs is 1. The molecule has 1 aliphatic heterocycles. The van der Waals surface area contributed by atoms with Gasteiger partial charge in [-0.1, -0.05) is 18.2 Å². The number of carbonyl (C=O) groups excluding carboxylic acids is 1. The number of halogens is 1. The Morgan fingerprint density at radius 2 is 1.67 bits per heavy atom.